The normalized spacial score (nSPS) is 23.2. The van der Waals surface area contributed by atoms with E-state index >= 15 is 0 Å². The van der Waals surface area contributed by atoms with Gasteiger partial charge in [0.2, 0.25) is 0 Å². The molecule has 6 nitrogen and oxygen atoms in total. The summed E-state index contributed by atoms with van der Waals surface area (Å²) >= 11 is 0. The topological polar surface area (TPSA) is 60.5 Å². The van der Waals surface area contributed by atoms with Gasteiger partial charge in [0.15, 0.2) is 0 Å². The first kappa shape index (κ1) is 24.6. The molecule has 36 heavy (non-hydrogen) atoms. The quantitative estimate of drug-likeness (QED) is 0.550. The van der Waals surface area contributed by atoms with Crippen molar-refractivity contribution in [2.75, 3.05) is 43.4 Å². The average Bonchev–Trinajstić information content (AvgIpc) is 2.88. The molecule has 2 N–H and O–H groups in total. The van der Waals surface area contributed by atoms with Crippen LogP contribution in [0.5, 0.6) is 0 Å². The van der Waals surface area contributed by atoms with Gasteiger partial charge in [-0.2, -0.15) is 13.2 Å². The Bertz CT molecular complexity index is 1110. The predicted molar refractivity (Wildman–Crippen MR) is 135 cm³/mol. The third kappa shape index (κ3) is 5.21. The number of nitrogens with one attached hydrogen (secondary N) is 2. The SMILES string of the molecule is CN1CCC(c2ccc(Nc3nc(N4CCCC(C(F)(F)F)C4)cc4c3C(C=O)NC=C4)cc2)CC1. The number of hydrogen-bond acceptors (Lipinski definition) is 6. The van der Waals surface area contributed by atoms with Crippen LogP contribution in [0.1, 0.15) is 54.3 Å². The predicted octanol–water partition coefficient (Wildman–Crippen LogP) is 5.23. The van der Waals surface area contributed by atoms with Gasteiger partial charge in [0.05, 0.1) is 5.92 Å². The van der Waals surface area contributed by atoms with Crippen molar-refractivity contribution in [1.29, 1.82) is 0 Å². The van der Waals surface area contributed by atoms with Crippen molar-refractivity contribution in [3.8, 4) is 0 Å². The Morgan fingerprint density at radius 2 is 1.86 bits per heavy atom. The summed E-state index contributed by atoms with van der Waals surface area (Å²) in [5.41, 5.74) is 3.60. The monoisotopic (exact) mass is 499 g/mol. The largest absolute Gasteiger partial charge is 0.393 e. The summed E-state index contributed by atoms with van der Waals surface area (Å²) in [6.07, 6.45) is 2.98. The third-order valence-corrected chi connectivity index (χ3v) is 7.63. The Hall–Kier alpha value is -3.07. The summed E-state index contributed by atoms with van der Waals surface area (Å²) < 4.78 is 40.3. The summed E-state index contributed by atoms with van der Waals surface area (Å²) in [4.78, 5) is 20.6. The summed E-state index contributed by atoms with van der Waals surface area (Å²) in [6, 6.07) is 9.48. The Labute approximate surface area is 209 Å². The van der Waals surface area contributed by atoms with Crippen LogP contribution in [0.25, 0.3) is 6.08 Å². The van der Waals surface area contributed by atoms with Gasteiger partial charge in [-0.15, -0.1) is 0 Å². The van der Waals surface area contributed by atoms with Crippen molar-refractivity contribution in [2.24, 2.45) is 5.92 Å². The zero-order valence-electron chi connectivity index (χ0n) is 20.4. The molecule has 2 atom stereocenters. The number of nitrogens with zero attached hydrogens (tertiary/aromatic N) is 3. The number of aldehydes is 1. The maximum absolute atomic E-state index is 13.4. The molecule has 2 fully saturated rings. The lowest BCUT2D eigenvalue weighted by Crippen LogP contribution is -2.42. The lowest BCUT2D eigenvalue weighted by atomic mass is 9.89. The van der Waals surface area contributed by atoms with Crippen molar-refractivity contribution in [2.45, 2.75) is 43.8 Å². The van der Waals surface area contributed by atoms with Crippen molar-refractivity contribution < 1.29 is 18.0 Å². The molecule has 4 heterocycles. The van der Waals surface area contributed by atoms with Gasteiger partial charge in [-0.1, -0.05) is 12.1 Å². The Balaban J connectivity index is 1.43. The number of hydrogen-bond donors (Lipinski definition) is 2. The maximum Gasteiger partial charge on any atom is 0.393 e. The van der Waals surface area contributed by atoms with E-state index in [0.29, 0.717) is 36.1 Å². The summed E-state index contributed by atoms with van der Waals surface area (Å²) in [6.45, 7) is 2.58. The number of carbonyl (C=O) groups excluding carboxylic acids is 1. The minimum absolute atomic E-state index is 0.112. The fraction of sp³-hybridized carbons (Fsp3) is 0.481. The maximum atomic E-state index is 13.4. The first-order valence-electron chi connectivity index (χ1n) is 12.6. The summed E-state index contributed by atoms with van der Waals surface area (Å²) in [5.74, 6) is 0.147. The molecule has 5 rings (SSSR count). The minimum Gasteiger partial charge on any atom is -0.378 e. The van der Waals surface area contributed by atoms with Crippen LogP contribution in [0.3, 0.4) is 0 Å². The first-order valence-corrected chi connectivity index (χ1v) is 12.6. The zero-order valence-corrected chi connectivity index (χ0v) is 20.4. The highest BCUT2D eigenvalue weighted by molar-refractivity contribution is 5.78. The van der Waals surface area contributed by atoms with Crippen molar-refractivity contribution in [1.82, 2.24) is 15.2 Å². The highest BCUT2D eigenvalue weighted by Gasteiger charge is 2.42. The second kappa shape index (κ2) is 10.1. The molecule has 9 heteroatoms. The van der Waals surface area contributed by atoms with Gasteiger partial charge < -0.3 is 25.2 Å². The summed E-state index contributed by atoms with van der Waals surface area (Å²) in [5, 5.41) is 6.39. The molecule has 0 spiro atoms. The number of alkyl halides is 3. The number of aromatic nitrogens is 1. The van der Waals surface area contributed by atoms with Crippen LogP contribution in [0.15, 0.2) is 36.5 Å². The first-order chi connectivity index (χ1) is 17.3. The Kier molecular flexibility index (Phi) is 6.92. The van der Waals surface area contributed by atoms with Crippen LogP contribution in [0.2, 0.25) is 0 Å². The molecule has 2 aromatic rings. The van der Waals surface area contributed by atoms with E-state index in [1.54, 1.807) is 17.2 Å². The van der Waals surface area contributed by atoms with Gasteiger partial charge in [0.25, 0.3) is 0 Å². The molecule has 1 aromatic carbocycles. The van der Waals surface area contributed by atoms with Crippen molar-refractivity contribution >= 4 is 29.7 Å². The molecule has 192 valence electrons. The number of rotatable bonds is 5. The molecular weight excluding hydrogens is 467 g/mol. The molecule has 0 bridgehead atoms. The fourth-order valence-corrected chi connectivity index (χ4v) is 5.48. The second-order valence-electron chi connectivity index (χ2n) is 10.1. The molecule has 0 amide bonds. The number of benzene rings is 1. The molecular formula is C27H32F3N5O. The van der Waals surface area contributed by atoms with Crippen LogP contribution in [0.4, 0.5) is 30.5 Å². The molecule has 0 radical (unpaired) electrons. The highest BCUT2D eigenvalue weighted by atomic mass is 19.4. The number of piperidine rings is 2. The Morgan fingerprint density at radius 3 is 2.56 bits per heavy atom. The number of fused-ring (bicyclic) bond motifs is 1. The van der Waals surface area contributed by atoms with Gasteiger partial charge in [-0.3, -0.25) is 0 Å². The third-order valence-electron chi connectivity index (χ3n) is 7.63. The van der Waals surface area contributed by atoms with Gasteiger partial charge in [-0.25, -0.2) is 4.98 Å². The van der Waals surface area contributed by atoms with E-state index in [9.17, 15) is 18.0 Å². The van der Waals surface area contributed by atoms with E-state index in [1.807, 2.05) is 18.2 Å². The van der Waals surface area contributed by atoms with E-state index < -0.39 is 18.1 Å². The smallest absolute Gasteiger partial charge is 0.378 e. The van der Waals surface area contributed by atoms with Gasteiger partial charge >= 0.3 is 6.18 Å². The number of pyridine rings is 1. The number of halogens is 3. The average molecular weight is 500 g/mol. The van der Waals surface area contributed by atoms with Crippen molar-refractivity contribution in [3.63, 3.8) is 0 Å². The molecule has 0 aliphatic carbocycles. The molecule has 1 aromatic heterocycles. The molecule has 3 aliphatic heterocycles. The number of carbonyl (C=O) groups is 1. The van der Waals surface area contributed by atoms with Crippen LogP contribution in [-0.4, -0.2) is 55.6 Å². The van der Waals surface area contributed by atoms with E-state index in [-0.39, 0.29) is 13.0 Å². The van der Waals surface area contributed by atoms with Gasteiger partial charge in [0.1, 0.15) is 24.0 Å². The lowest BCUT2D eigenvalue weighted by Gasteiger charge is -2.35. The molecule has 3 aliphatic rings. The van der Waals surface area contributed by atoms with Crippen LogP contribution < -0.4 is 15.5 Å². The van der Waals surface area contributed by atoms with Crippen LogP contribution in [0, 0.1) is 5.92 Å². The molecule has 2 saturated heterocycles. The molecule has 2 unspecified atom stereocenters. The van der Waals surface area contributed by atoms with E-state index in [0.717, 1.165) is 43.5 Å². The standard InChI is InChI=1S/C27H32F3N5O/c1-34-13-9-19(10-14-34)18-4-6-22(7-5-18)32-26-25-20(8-11-31-23(25)17-36)15-24(33-26)35-12-2-3-21(16-35)27(28,29)30/h4-8,11,15,17,19,21,23,31H,2-3,9-10,12-14,16H2,1H3,(H,32,33). The van der Waals surface area contributed by atoms with Crippen LogP contribution >= 0.6 is 0 Å². The number of likely N-dealkylation sites (tertiary alicyclic amines) is 1. The Morgan fingerprint density at radius 1 is 1.11 bits per heavy atom. The van der Waals surface area contributed by atoms with Crippen molar-refractivity contribution in [3.05, 3.63) is 53.2 Å². The second-order valence-corrected chi connectivity index (χ2v) is 10.1. The zero-order chi connectivity index (χ0) is 25.3. The van der Waals surface area contributed by atoms with Crippen LogP contribution in [-0.2, 0) is 4.79 Å². The fourth-order valence-electron chi connectivity index (χ4n) is 5.48. The van der Waals surface area contributed by atoms with Gasteiger partial charge in [-0.05, 0) is 93.3 Å². The lowest BCUT2D eigenvalue weighted by molar-refractivity contribution is -0.176. The highest BCUT2D eigenvalue weighted by Crippen LogP contribution is 2.38. The molecule has 0 saturated carbocycles. The number of anilines is 3. The minimum atomic E-state index is -4.23. The van der Waals surface area contributed by atoms with E-state index in [4.69, 9.17) is 4.98 Å². The van der Waals surface area contributed by atoms with E-state index in [2.05, 4.69) is 34.7 Å². The summed E-state index contributed by atoms with van der Waals surface area (Å²) in [7, 11) is 2.15. The van der Waals surface area contributed by atoms with E-state index in [1.165, 1.54) is 5.56 Å². The van der Waals surface area contributed by atoms with Gasteiger partial charge in [0, 0.05) is 24.3 Å².